The van der Waals surface area contributed by atoms with E-state index in [1.54, 1.807) is 6.20 Å². The van der Waals surface area contributed by atoms with Crippen LogP contribution in [0.5, 0.6) is 0 Å². The Hall–Kier alpha value is -2.13. The number of hydrogen-bond donors (Lipinski definition) is 1. The van der Waals surface area contributed by atoms with Crippen molar-refractivity contribution < 1.29 is 4.42 Å². The van der Waals surface area contributed by atoms with Crippen LogP contribution in [0.1, 0.15) is 28.7 Å². The van der Waals surface area contributed by atoms with Crippen molar-refractivity contribution in [1.29, 1.82) is 0 Å². The van der Waals surface area contributed by atoms with Gasteiger partial charge in [0.25, 0.3) is 0 Å². The fraction of sp³-hybridized carbons (Fsp3) is 0.188. The molecule has 3 aromatic rings. The van der Waals surface area contributed by atoms with E-state index in [4.69, 9.17) is 10.2 Å². The number of aryl methyl sites for hydroxylation is 2. The molecule has 0 aliphatic carbocycles. The largest absolute Gasteiger partial charge is 0.466 e. The Morgan fingerprint density at radius 3 is 2.74 bits per heavy atom. The van der Waals surface area contributed by atoms with E-state index in [0.29, 0.717) is 0 Å². The van der Waals surface area contributed by atoms with Gasteiger partial charge in [-0.25, -0.2) is 0 Å². The maximum Gasteiger partial charge on any atom is 0.106 e. The molecule has 96 valence electrons. The molecule has 0 aliphatic rings. The fourth-order valence-corrected chi connectivity index (χ4v) is 2.55. The zero-order chi connectivity index (χ0) is 13.4. The van der Waals surface area contributed by atoms with Crippen molar-refractivity contribution in [2.24, 2.45) is 5.73 Å². The van der Waals surface area contributed by atoms with Crippen molar-refractivity contribution in [2.75, 3.05) is 0 Å². The van der Waals surface area contributed by atoms with Gasteiger partial charge in [-0.2, -0.15) is 0 Å². The monoisotopic (exact) mass is 252 g/mol. The lowest BCUT2D eigenvalue weighted by Crippen LogP contribution is -2.12. The first kappa shape index (κ1) is 11.9. The van der Waals surface area contributed by atoms with Crippen LogP contribution in [0.4, 0.5) is 0 Å². The summed E-state index contributed by atoms with van der Waals surface area (Å²) in [6, 6.07) is 9.97. The predicted molar refractivity (Wildman–Crippen MR) is 76.0 cm³/mol. The maximum absolute atomic E-state index is 6.42. The molecule has 1 atom stereocenters. The van der Waals surface area contributed by atoms with Gasteiger partial charge in [0.15, 0.2) is 0 Å². The molecule has 3 rings (SSSR count). The van der Waals surface area contributed by atoms with E-state index in [9.17, 15) is 0 Å². The summed E-state index contributed by atoms with van der Waals surface area (Å²) in [5.74, 6) is 1.78. The molecule has 3 heteroatoms. The molecule has 0 amide bonds. The zero-order valence-corrected chi connectivity index (χ0v) is 11.1. The topological polar surface area (TPSA) is 52.0 Å². The smallest absolute Gasteiger partial charge is 0.106 e. The standard InChI is InChI=1S/C16H16N2O/c1-10-8-15(11(2)19-10)16(17)14-5-3-4-12-9-18-7-6-13(12)14/h3-9,16H,17H2,1-2H3. The molecular weight excluding hydrogens is 236 g/mol. The van der Waals surface area contributed by atoms with E-state index in [0.717, 1.165) is 33.4 Å². The molecule has 0 saturated heterocycles. The van der Waals surface area contributed by atoms with Crippen LogP contribution in [-0.2, 0) is 0 Å². The first-order valence-corrected chi connectivity index (χ1v) is 6.32. The SMILES string of the molecule is Cc1cc(C(N)c2cccc3cnccc23)c(C)o1. The Morgan fingerprint density at radius 2 is 2.00 bits per heavy atom. The average Bonchev–Trinajstić information content (AvgIpc) is 2.76. The van der Waals surface area contributed by atoms with E-state index in [1.807, 2.05) is 44.3 Å². The van der Waals surface area contributed by atoms with Crippen LogP contribution in [0.15, 0.2) is 47.1 Å². The van der Waals surface area contributed by atoms with Crippen LogP contribution < -0.4 is 5.73 Å². The quantitative estimate of drug-likeness (QED) is 0.759. The summed E-state index contributed by atoms with van der Waals surface area (Å²) in [7, 11) is 0. The van der Waals surface area contributed by atoms with Gasteiger partial charge < -0.3 is 10.2 Å². The van der Waals surface area contributed by atoms with E-state index in [1.165, 1.54) is 0 Å². The molecule has 0 aliphatic heterocycles. The molecule has 3 nitrogen and oxygen atoms in total. The lowest BCUT2D eigenvalue weighted by molar-refractivity contribution is 0.500. The second kappa shape index (κ2) is 4.52. The number of nitrogens with two attached hydrogens (primary N) is 1. The van der Waals surface area contributed by atoms with Crippen molar-refractivity contribution in [1.82, 2.24) is 4.98 Å². The molecule has 19 heavy (non-hydrogen) atoms. The Balaban J connectivity index is 2.16. The van der Waals surface area contributed by atoms with E-state index >= 15 is 0 Å². The molecule has 0 spiro atoms. The molecule has 0 radical (unpaired) electrons. The summed E-state index contributed by atoms with van der Waals surface area (Å²) < 4.78 is 5.58. The van der Waals surface area contributed by atoms with E-state index in [-0.39, 0.29) is 6.04 Å². The number of fused-ring (bicyclic) bond motifs is 1. The number of aromatic nitrogens is 1. The summed E-state index contributed by atoms with van der Waals surface area (Å²) in [5, 5.41) is 2.25. The fourth-order valence-electron chi connectivity index (χ4n) is 2.55. The van der Waals surface area contributed by atoms with Crippen molar-refractivity contribution in [3.63, 3.8) is 0 Å². The van der Waals surface area contributed by atoms with Crippen LogP contribution in [-0.4, -0.2) is 4.98 Å². The third-order valence-corrected chi connectivity index (χ3v) is 3.46. The summed E-state index contributed by atoms with van der Waals surface area (Å²) in [5.41, 5.74) is 8.56. The van der Waals surface area contributed by atoms with Crippen molar-refractivity contribution in [3.8, 4) is 0 Å². The van der Waals surface area contributed by atoms with Crippen LogP contribution >= 0.6 is 0 Å². The van der Waals surface area contributed by atoms with Crippen LogP contribution in [0.25, 0.3) is 10.8 Å². The summed E-state index contributed by atoms with van der Waals surface area (Å²) >= 11 is 0. The van der Waals surface area contributed by atoms with Gasteiger partial charge in [-0.15, -0.1) is 0 Å². The van der Waals surface area contributed by atoms with E-state index < -0.39 is 0 Å². The molecular formula is C16H16N2O. The normalized spacial score (nSPS) is 12.8. The number of nitrogens with zero attached hydrogens (tertiary/aromatic N) is 1. The first-order valence-electron chi connectivity index (χ1n) is 6.32. The van der Waals surface area contributed by atoms with Gasteiger partial charge in [-0.1, -0.05) is 18.2 Å². The highest BCUT2D eigenvalue weighted by molar-refractivity contribution is 5.85. The zero-order valence-electron chi connectivity index (χ0n) is 11.1. The summed E-state index contributed by atoms with van der Waals surface area (Å²) in [6.45, 7) is 3.89. The Morgan fingerprint density at radius 1 is 1.16 bits per heavy atom. The molecule has 0 bridgehead atoms. The average molecular weight is 252 g/mol. The third-order valence-electron chi connectivity index (χ3n) is 3.46. The second-order valence-electron chi connectivity index (χ2n) is 4.79. The molecule has 1 aromatic carbocycles. The van der Waals surface area contributed by atoms with Gasteiger partial charge in [0, 0.05) is 23.3 Å². The number of hydrogen-bond acceptors (Lipinski definition) is 3. The molecule has 2 N–H and O–H groups in total. The van der Waals surface area contributed by atoms with Crippen LogP contribution in [0.3, 0.4) is 0 Å². The molecule has 2 aromatic heterocycles. The highest BCUT2D eigenvalue weighted by Gasteiger charge is 2.17. The molecule has 2 heterocycles. The minimum absolute atomic E-state index is 0.177. The lowest BCUT2D eigenvalue weighted by Gasteiger charge is -2.14. The van der Waals surface area contributed by atoms with Gasteiger partial charge >= 0.3 is 0 Å². The number of pyridine rings is 1. The van der Waals surface area contributed by atoms with Crippen molar-refractivity contribution in [3.05, 3.63) is 65.4 Å². The van der Waals surface area contributed by atoms with Crippen LogP contribution in [0.2, 0.25) is 0 Å². The molecule has 1 unspecified atom stereocenters. The molecule has 0 fully saturated rings. The van der Waals surface area contributed by atoms with E-state index in [2.05, 4.69) is 11.1 Å². The first-order chi connectivity index (χ1) is 9.16. The Kier molecular flexibility index (Phi) is 2.84. The van der Waals surface area contributed by atoms with Gasteiger partial charge in [-0.05, 0) is 36.9 Å². The third kappa shape index (κ3) is 2.02. The van der Waals surface area contributed by atoms with Gasteiger partial charge in [-0.3, -0.25) is 4.98 Å². The van der Waals surface area contributed by atoms with Crippen LogP contribution in [0, 0.1) is 13.8 Å². The van der Waals surface area contributed by atoms with Gasteiger partial charge in [0.05, 0.1) is 6.04 Å². The Bertz CT molecular complexity index is 725. The summed E-state index contributed by atoms with van der Waals surface area (Å²) in [6.07, 6.45) is 3.66. The highest BCUT2D eigenvalue weighted by atomic mass is 16.3. The summed E-state index contributed by atoms with van der Waals surface area (Å²) in [4.78, 5) is 4.15. The van der Waals surface area contributed by atoms with Crippen molar-refractivity contribution in [2.45, 2.75) is 19.9 Å². The molecule has 0 saturated carbocycles. The van der Waals surface area contributed by atoms with Gasteiger partial charge in [0.2, 0.25) is 0 Å². The van der Waals surface area contributed by atoms with Gasteiger partial charge in [0.1, 0.15) is 11.5 Å². The number of benzene rings is 1. The maximum atomic E-state index is 6.42. The Labute approximate surface area is 112 Å². The second-order valence-corrected chi connectivity index (χ2v) is 4.79. The van der Waals surface area contributed by atoms with Crippen molar-refractivity contribution >= 4 is 10.8 Å². The number of furan rings is 1. The number of rotatable bonds is 2. The lowest BCUT2D eigenvalue weighted by atomic mass is 9.95. The predicted octanol–water partition coefficient (Wildman–Crippen LogP) is 3.49. The minimum atomic E-state index is -0.177. The highest BCUT2D eigenvalue weighted by Crippen LogP contribution is 2.29. The minimum Gasteiger partial charge on any atom is -0.466 e.